The molecule has 0 aromatic heterocycles. The van der Waals surface area contributed by atoms with Crippen LogP contribution in [0.2, 0.25) is 0 Å². The van der Waals surface area contributed by atoms with E-state index in [0.717, 1.165) is 77.0 Å². The summed E-state index contributed by atoms with van der Waals surface area (Å²) in [4.78, 5) is 13.0. The van der Waals surface area contributed by atoms with Gasteiger partial charge < -0.3 is 64.2 Å². The van der Waals surface area contributed by atoms with E-state index in [-0.39, 0.29) is 25.6 Å². The molecule has 378 valence electrons. The highest BCUT2D eigenvalue weighted by molar-refractivity contribution is 5.69. The second-order valence-corrected chi connectivity index (χ2v) is 17.6. The normalized spacial score (nSPS) is 26.9. The topological polar surface area (TPSA) is 214 Å². The fourth-order valence-corrected chi connectivity index (χ4v) is 7.65. The molecular formula is C51H90O14. The Balaban J connectivity index is 1.78. The number of carbonyl (C=O) groups excluding carboxylic acids is 1. The molecule has 2 fully saturated rings. The van der Waals surface area contributed by atoms with E-state index in [4.69, 9.17) is 28.4 Å². The molecule has 14 nitrogen and oxygen atoms in total. The van der Waals surface area contributed by atoms with Gasteiger partial charge in [0.15, 0.2) is 12.6 Å². The third-order valence-electron chi connectivity index (χ3n) is 11.8. The Kier molecular flexibility index (Phi) is 35.3. The van der Waals surface area contributed by atoms with E-state index in [1.165, 1.54) is 64.2 Å². The molecule has 2 aliphatic heterocycles. The van der Waals surface area contributed by atoms with Crippen LogP contribution in [0.1, 0.15) is 168 Å². The molecule has 0 amide bonds. The first-order valence-electron chi connectivity index (χ1n) is 25.2. The minimum Gasteiger partial charge on any atom is -0.457 e. The number of aliphatic hydroxyl groups is 7. The van der Waals surface area contributed by atoms with Gasteiger partial charge in [-0.25, -0.2) is 0 Å². The molecule has 14 heteroatoms. The predicted octanol–water partition coefficient (Wildman–Crippen LogP) is 7.18. The van der Waals surface area contributed by atoms with Gasteiger partial charge in [-0.2, -0.15) is 0 Å². The van der Waals surface area contributed by atoms with Crippen LogP contribution in [0.25, 0.3) is 0 Å². The summed E-state index contributed by atoms with van der Waals surface area (Å²) >= 11 is 0. The van der Waals surface area contributed by atoms with Gasteiger partial charge in [0.1, 0.15) is 54.9 Å². The van der Waals surface area contributed by atoms with Crippen LogP contribution in [-0.2, 0) is 33.2 Å². The third kappa shape index (κ3) is 26.9. The van der Waals surface area contributed by atoms with Gasteiger partial charge in [0.2, 0.25) is 0 Å². The van der Waals surface area contributed by atoms with Crippen molar-refractivity contribution in [2.24, 2.45) is 0 Å². The Hall–Kier alpha value is -2.05. The van der Waals surface area contributed by atoms with Crippen LogP contribution < -0.4 is 0 Å². The van der Waals surface area contributed by atoms with Gasteiger partial charge in [-0.3, -0.25) is 4.79 Å². The predicted molar refractivity (Wildman–Crippen MR) is 252 cm³/mol. The Morgan fingerprint density at radius 3 is 1.54 bits per heavy atom. The lowest BCUT2D eigenvalue weighted by Crippen LogP contribution is -2.61. The van der Waals surface area contributed by atoms with E-state index in [0.29, 0.717) is 13.0 Å². The molecule has 65 heavy (non-hydrogen) atoms. The number of aliphatic hydroxyl groups excluding tert-OH is 7. The van der Waals surface area contributed by atoms with Crippen molar-refractivity contribution in [3.05, 3.63) is 48.6 Å². The van der Waals surface area contributed by atoms with Crippen LogP contribution in [0.4, 0.5) is 0 Å². The van der Waals surface area contributed by atoms with Gasteiger partial charge in [-0.05, 0) is 70.6 Å². The van der Waals surface area contributed by atoms with E-state index >= 15 is 0 Å². The number of rotatable bonds is 39. The van der Waals surface area contributed by atoms with Crippen molar-refractivity contribution < 1.29 is 69.0 Å². The maximum atomic E-state index is 13.0. The quantitative estimate of drug-likeness (QED) is 0.0185. The molecule has 0 aliphatic carbocycles. The van der Waals surface area contributed by atoms with Gasteiger partial charge >= 0.3 is 5.97 Å². The van der Waals surface area contributed by atoms with Crippen molar-refractivity contribution >= 4 is 5.97 Å². The Labute approximate surface area is 391 Å². The molecule has 11 atom stereocenters. The maximum Gasteiger partial charge on any atom is 0.306 e. The molecule has 2 saturated heterocycles. The first kappa shape index (κ1) is 59.1. The summed E-state index contributed by atoms with van der Waals surface area (Å²) in [6.45, 7) is 3.55. The smallest absolute Gasteiger partial charge is 0.306 e. The summed E-state index contributed by atoms with van der Waals surface area (Å²) in [6, 6.07) is 0. The average Bonchev–Trinajstić information content (AvgIpc) is 3.30. The van der Waals surface area contributed by atoms with Crippen molar-refractivity contribution in [2.45, 2.75) is 235 Å². The summed E-state index contributed by atoms with van der Waals surface area (Å²) in [6.07, 6.45) is 27.4. The monoisotopic (exact) mass is 927 g/mol. The highest BCUT2D eigenvalue weighted by Crippen LogP contribution is 2.26. The van der Waals surface area contributed by atoms with Gasteiger partial charge in [0.25, 0.3) is 0 Å². The minimum absolute atomic E-state index is 0.0499. The van der Waals surface area contributed by atoms with Crippen LogP contribution in [0.3, 0.4) is 0 Å². The molecule has 2 rings (SSSR count). The summed E-state index contributed by atoms with van der Waals surface area (Å²) in [7, 11) is 0. The Bertz CT molecular complexity index is 1260. The minimum atomic E-state index is -1.71. The molecule has 0 saturated carbocycles. The first-order chi connectivity index (χ1) is 31.6. The lowest BCUT2D eigenvalue weighted by atomic mass is 9.98. The average molecular weight is 927 g/mol. The summed E-state index contributed by atoms with van der Waals surface area (Å²) in [5, 5.41) is 72.1. The van der Waals surface area contributed by atoms with E-state index < -0.39 is 80.7 Å². The number of hydrogen-bond acceptors (Lipinski definition) is 14. The van der Waals surface area contributed by atoms with Crippen LogP contribution in [0.5, 0.6) is 0 Å². The van der Waals surface area contributed by atoms with Gasteiger partial charge in [-0.1, -0.05) is 140 Å². The van der Waals surface area contributed by atoms with Gasteiger partial charge in [-0.15, -0.1) is 0 Å². The van der Waals surface area contributed by atoms with E-state index in [1.807, 2.05) is 0 Å². The Morgan fingerprint density at radius 1 is 0.508 bits per heavy atom. The number of esters is 1. The first-order valence-corrected chi connectivity index (χ1v) is 25.2. The molecule has 7 N–H and O–H groups in total. The second-order valence-electron chi connectivity index (χ2n) is 17.6. The lowest BCUT2D eigenvalue weighted by molar-refractivity contribution is -0.332. The van der Waals surface area contributed by atoms with Crippen LogP contribution in [0, 0.1) is 0 Å². The van der Waals surface area contributed by atoms with Crippen LogP contribution in [0.15, 0.2) is 48.6 Å². The number of unbranched alkanes of at least 4 members (excludes halogenated alkanes) is 17. The fraction of sp³-hybridized carbons (Fsp3) is 0.824. The van der Waals surface area contributed by atoms with Crippen LogP contribution >= 0.6 is 0 Å². The van der Waals surface area contributed by atoms with Gasteiger partial charge in [0.05, 0.1) is 26.4 Å². The molecule has 2 heterocycles. The molecule has 0 aromatic rings. The van der Waals surface area contributed by atoms with Crippen molar-refractivity contribution in [3.63, 3.8) is 0 Å². The van der Waals surface area contributed by atoms with E-state index in [2.05, 4.69) is 62.5 Å². The van der Waals surface area contributed by atoms with Crippen molar-refractivity contribution in [2.75, 3.05) is 33.0 Å². The number of allylic oxidation sites excluding steroid dienone is 8. The zero-order chi connectivity index (χ0) is 47.3. The molecule has 0 bridgehead atoms. The summed E-state index contributed by atoms with van der Waals surface area (Å²) in [5.41, 5.74) is 0. The van der Waals surface area contributed by atoms with E-state index in [9.17, 15) is 40.5 Å². The largest absolute Gasteiger partial charge is 0.457 e. The van der Waals surface area contributed by atoms with Crippen LogP contribution in [-0.4, -0.2) is 142 Å². The molecule has 0 aromatic carbocycles. The zero-order valence-electron chi connectivity index (χ0n) is 40.0. The standard InChI is InChI=1S/C51H90O14/c1-3-5-7-9-11-13-15-17-19-20-21-22-24-26-28-30-32-34-43(53)63-40(37-60-35-33-31-29-27-25-23-18-16-14-12-10-8-6-4-2)38-61-50-49(59)47(57)45(55)42(65-50)39-62-51-48(58)46(56)44(54)41(36-52)64-51/h8,10-11,13-14,16-17,19,40-42,44-52,54-59H,3-7,9,12,15,18,20-39H2,1-2H3/b10-8-,13-11-,16-14-,19-17-. The number of carbonyl (C=O) groups is 1. The lowest BCUT2D eigenvalue weighted by Gasteiger charge is -2.42. The third-order valence-corrected chi connectivity index (χ3v) is 11.8. The van der Waals surface area contributed by atoms with Crippen molar-refractivity contribution in [3.8, 4) is 0 Å². The fourth-order valence-electron chi connectivity index (χ4n) is 7.65. The highest BCUT2D eigenvalue weighted by atomic mass is 16.7. The molecule has 0 spiro atoms. The maximum absolute atomic E-state index is 13.0. The second kappa shape index (κ2) is 38.9. The number of ether oxygens (including phenoxy) is 6. The summed E-state index contributed by atoms with van der Waals surface area (Å²) in [5.74, 6) is -0.390. The summed E-state index contributed by atoms with van der Waals surface area (Å²) < 4.78 is 34.2. The SMILES string of the molecule is CCC/C=C\C/C=C\CCCCCCCCOCC(COC1OC(COC2OC(CO)C(O)C(O)C2O)C(O)C(O)C1O)OC(=O)CCCCCCCCC/C=C\C/C=C\CCCCC. The van der Waals surface area contributed by atoms with Gasteiger partial charge in [0, 0.05) is 13.0 Å². The highest BCUT2D eigenvalue weighted by Gasteiger charge is 2.47. The molecule has 11 unspecified atom stereocenters. The molecule has 2 aliphatic rings. The number of hydrogen-bond donors (Lipinski definition) is 7. The van der Waals surface area contributed by atoms with Crippen molar-refractivity contribution in [1.82, 2.24) is 0 Å². The Morgan fingerprint density at radius 2 is 0.985 bits per heavy atom. The molecule has 0 radical (unpaired) electrons. The zero-order valence-corrected chi connectivity index (χ0v) is 40.0. The molecular weight excluding hydrogens is 837 g/mol. The van der Waals surface area contributed by atoms with E-state index in [1.54, 1.807) is 0 Å². The van der Waals surface area contributed by atoms with Crippen molar-refractivity contribution in [1.29, 1.82) is 0 Å².